The number of carbonyl (C=O) groups excluding carboxylic acids is 2. The van der Waals surface area contributed by atoms with Crippen molar-refractivity contribution in [2.24, 2.45) is 5.41 Å². The molecule has 0 aromatic heterocycles. The molecule has 1 aliphatic heterocycles. The Morgan fingerprint density at radius 3 is 2.38 bits per heavy atom. The standard InChI is InChI=1S/C22H39N3O4/c1-8-11-16(14-15(2)21(28)29)25(7)20(27)18(22(3,4)5)23-19(26)17-12-9-10-13-24(17)6/h14,16-18H,8-13H2,1-7H3,(H,23,26)(H,28,29)/t16-,17+,18+/m0/s1. The third-order valence-electron chi connectivity index (χ3n) is 5.68. The molecule has 0 unspecified atom stereocenters. The highest BCUT2D eigenvalue weighted by Crippen LogP contribution is 2.24. The third kappa shape index (κ3) is 7.14. The molecule has 0 saturated carbocycles. The van der Waals surface area contributed by atoms with E-state index in [-0.39, 0.29) is 29.5 Å². The minimum absolute atomic E-state index is 0.113. The van der Waals surface area contributed by atoms with Gasteiger partial charge in [0, 0.05) is 12.6 Å². The van der Waals surface area contributed by atoms with Gasteiger partial charge in [0.05, 0.1) is 12.1 Å². The van der Waals surface area contributed by atoms with Gasteiger partial charge >= 0.3 is 5.97 Å². The SMILES string of the molecule is CCC[C@@H](C=C(C)C(=O)O)N(C)C(=O)[C@@H](NC(=O)[C@H]1CCCCN1C)C(C)(C)C. The maximum atomic E-state index is 13.4. The van der Waals surface area contributed by atoms with Gasteiger partial charge in [0.1, 0.15) is 6.04 Å². The van der Waals surface area contributed by atoms with Crippen molar-refractivity contribution in [1.82, 2.24) is 15.1 Å². The molecule has 0 aromatic carbocycles. The molecule has 29 heavy (non-hydrogen) atoms. The van der Waals surface area contributed by atoms with Crippen molar-refractivity contribution in [2.45, 2.75) is 84.8 Å². The molecule has 0 bridgehead atoms. The number of rotatable bonds is 8. The lowest BCUT2D eigenvalue weighted by Crippen LogP contribution is -2.59. The lowest BCUT2D eigenvalue weighted by atomic mass is 9.85. The van der Waals surface area contributed by atoms with Crippen LogP contribution in [0.15, 0.2) is 11.6 Å². The average molecular weight is 410 g/mol. The van der Waals surface area contributed by atoms with E-state index < -0.39 is 17.4 Å². The van der Waals surface area contributed by atoms with Crippen molar-refractivity contribution in [1.29, 1.82) is 0 Å². The number of carboxylic acid groups (broad SMARTS) is 1. The second-order valence-electron chi connectivity index (χ2n) is 9.26. The number of hydrogen-bond acceptors (Lipinski definition) is 4. The van der Waals surface area contributed by atoms with Crippen LogP contribution in [0.5, 0.6) is 0 Å². The fourth-order valence-electron chi connectivity index (χ4n) is 3.70. The van der Waals surface area contributed by atoms with Gasteiger partial charge in [-0.05, 0) is 45.2 Å². The van der Waals surface area contributed by atoms with Crippen LogP contribution < -0.4 is 5.32 Å². The van der Waals surface area contributed by atoms with E-state index in [4.69, 9.17) is 0 Å². The number of likely N-dealkylation sites (tertiary alicyclic amines) is 1. The fourth-order valence-corrected chi connectivity index (χ4v) is 3.70. The monoisotopic (exact) mass is 409 g/mol. The largest absolute Gasteiger partial charge is 0.478 e. The van der Waals surface area contributed by atoms with E-state index in [2.05, 4.69) is 5.32 Å². The highest BCUT2D eigenvalue weighted by atomic mass is 16.4. The van der Waals surface area contributed by atoms with Crippen LogP contribution in [0, 0.1) is 5.41 Å². The summed E-state index contributed by atoms with van der Waals surface area (Å²) in [5.74, 6) is -1.30. The molecule has 7 nitrogen and oxygen atoms in total. The Morgan fingerprint density at radius 2 is 1.90 bits per heavy atom. The van der Waals surface area contributed by atoms with E-state index in [9.17, 15) is 19.5 Å². The molecule has 2 amide bonds. The number of amides is 2. The lowest BCUT2D eigenvalue weighted by molar-refractivity contribution is -0.141. The molecular formula is C22H39N3O4. The van der Waals surface area contributed by atoms with Crippen LogP contribution in [-0.2, 0) is 14.4 Å². The van der Waals surface area contributed by atoms with Gasteiger partial charge in [-0.2, -0.15) is 0 Å². The second kappa shape index (κ2) is 10.8. The summed E-state index contributed by atoms with van der Waals surface area (Å²) in [5, 5.41) is 12.2. The number of carboxylic acids is 1. The first-order valence-electron chi connectivity index (χ1n) is 10.6. The normalized spacial score (nSPS) is 20.7. The summed E-state index contributed by atoms with van der Waals surface area (Å²) in [5.41, 5.74) is -0.264. The molecule has 1 rings (SSSR count). The quantitative estimate of drug-likeness (QED) is 0.602. The van der Waals surface area contributed by atoms with Crippen LogP contribution in [-0.4, -0.2) is 71.5 Å². The molecule has 1 aliphatic rings. The number of nitrogens with one attached hydrogen (secondary N) is 1. The minimum Gasteiger partial charge on any atom is -0.478 e. The molecule has 0 radical (unpaired) electrons. The van der Waals surface area contributed by atoms with Crippen LogP contribution in [0.2, 0.25) is 0 Å². The highest BCUT2D eigenvalue weighted by Gasteiger charge is 2.38. The van der Waals surface area contributed by atoms with Gasteiger partial charge in [-0.1, -0.05) is 46.6 Å². The molecule has 0 spiro atoms. The first kappa shape index (κ1) is 25.1. The van der Waals surface area contributed by atoms with Crippen molar-refractivity contribution in [2.75, 3.05) is 20.6 Å². The first-order valence-corrected chi connectivity index (χ1v) is 10.6. The summed E-state index contributed by atoms with van der Waals surface area (Å²) in [6, 6.07) is -1.23. The van der Waals surface area contributed by atoms with E-state index in [0.717, 1.165) is 32.2 Å². The zero-order chi connectivity index (χ0) is 22.4. The second-order valence-corrected chi connectivity index (χ2v) is 9.26. The molecule has 1 fully saturated rings. The fraction of sp³-hybridized carbons (Fsp3) is 0.773. The Hall–Kier alpha value is -1.89. The molecule has 0 aromatic rings. The molecule has 7 heteroatoms. The highest BCUT2D eigenvalue weighted by molar-refractivity contribution is 5.91. The number of carbonyl (C=O) groups is 3. The lowest BCUT2D eigenvalue weighted by Gasteiger charge is -2.38. The molecule has 1 heterocycles. The maximum absolute atomic E-state index is 13.4. The molecule has 1 saturated heterocycles. The topological polar surface area (TPSA) is 90.0 Å². The van der Waals surface area contributed by atoms with Crippen LogP contribution in [0.3, 0.4) is 0 Å². The van der Waals surface area contributed by atoms with Crippen molar-refractivity contribution >= 4 is 17.8 Å². The number of aliphatic carboxylic acids is 1. The van der Waals surface area contributed by atoms with Crippen molar-refractivity contribution in [3.8, 4) is 0 Å². The zero-order valence-corrected chi connectivity index (χ0v) is 19.1. The number of hydrogen-bond donors (Lipinski definition) is 2. The summed E-state index contributed by atoms with van der Waals surface area (Å²) in [7, 11) is 3.63. The number of nitrogens with zero attached hydrogens (tertiary/aromatic N) is 2. The molecule has 0 aliphatic carbocycles. The summed E-state index contributed by atoms with van der Waals surface area (Å²) < 4.78 is 0. The summed E-state index contributed by atoms with van der Waals surface area (Å²) >= 11 is 0. The average Bonchev–Trinajstić information content (AvgIpc) is 2.63. The predicted octanol–water partition coefficient (Wildman–Crippen LogP) is 2.66. The van der Waals surface area contributed by atoms with E-state index in [1.807, 2.05) is 39.6 Å². The number of piperidine rings is 1. The van der Waals surface area contributed by atoms with Gasteiger partial charge in [0.2, 0.25) is 11.8 Å². The van der Waals surface area contributed by atoms with Crippen LogP contribution in [0.1, 0.15) is 66.7 Å². The first-order chi connectivity index (χ1) is 13.4. The smallest absolute Gasteiger partial charge is 0.331 e. The molecular weight excluding hydrogens is 370 g/mol. The van der Waals surface area contributed by atoms with E-state index in [1.165, 1.54) is 6.92 Å². The third-order valence-corrected chi connectivity index (χ3v) is 5.68. The van der Waals surface area contributed by atoms with Gasteiger partial charge in [-0.15, -0.1) is 0 Å². The zero-order valence-electron chi connectivity index (χ0n) is 19.1. The Morgan fingerprint density at radius 1 is 1.28 bits per heavy atom. The molecule has 2 N–H and O–H groups in total. The molecule has 3 atom stereocenters. The van der Waals surface area contributed by atoms with Crippen molar-refractivity contribution in [3.63, 3.8) is 0 Å². The predicted molar refractivity (Wildman–Crippen MR) is 115 cm³/mol. The Bertz CT molecular complexity index is 624. The van der Waals surface area contributed by atoms with Gasteiger partial charge in [-0.25, -0.2) is 4.79 Å². The summed E-state index contributed by atoms with van der Waals surface area (Å²) in [6.07, 6.45) is 5.98. The van der Waals surface area contributed by atoms with Crippen LogP contribution >= 0.6 is 0 Å². The van der Waals surface area contributed by atoms with Crippen LogP contribution in [0.4, 0.5) is 0 Å². The summed E-state index contributed by atoms with van der Waals surface area (Å²) in [6.45, 7) is 10.2. The minimum atomic E-state index is -0.993. The van der Waals surface area contributed by atoms with Gasteiger partial charge in [0.15, 0.2) is 0 Å². The van der Waals surface area contributed by atoms with Crippen LogP contribution in [0.25, 0.3) is 0 Å². The maximum Gasteiger partial charge on any atom is 0.331 e. The molecule has 166 valence electrons. The van der Waals surface area contributed by atoms with E-state index >= 15 is 0 Å². The Kier molecular flexibility index (Phi) is 9.33. The van der Waals surface area contributed by atoms with Crippen molar-refractivity contribution < 1.29 is 19.5 Å². The van der Waals surface area contributed by atoms with Gasteiger partial charge in [-0.3, -0.25) is 14.5 Å². The Balaban J connectivity index is 3.06. The van der Waals surface area contributed by atoms with Gasteiger partial charge < -0.3 is 15.3 Å². The number of likely N-dealkylation sites (N-methyl/N-ethyl adjacent to an activating group) is 2. The van der Waals surface area contributed by atoms with E-state index in [0.29, 0.717) is 6.42 Å². The summed E-state index contributed by atoms with van der Waals surface area (Å²) in [4.78, 5) is 41.2. The van der Waals surface area contributed by atoms with Gasteiger partial charge in [0.25, 0.3) is 0 Å². The van der Waals surface area contributed by atoms with E-state index in [1.54, 1.807) is 18.0 Å². The van der Waals surface area contributed by atoms with Crippen molar-refractivity contribution in [3.05, 3.63) is 11.6 Å². The Labute approximate surface area is 175 Å².